The van der Waals surface area contributed by atoms with Crippen molar-refractivity contribution in [3.05, 3.63) is 69.4 Å². The molecule has 29 heavy (non-hydrogen) atoms. The largest absolute Gasteiger partial charge is 0.508 e. The van der Waals surface area contributed by atoms with Crippen LogP contribution in [0.2, 0.25) is 0 Å². The summed E-state index contributed by atoms with van der Waals surface area (Å²) in [5, 5.41) is 36.2. The summed E-state index contributed by atoms with van der Waals surface area (Å²) in [7, 11) is 0. The van der Waals surface area contributed by atoms with Gasteiger partial charge < -0.3 is 20.8 Å². The predicted molar refractivity (Wildman–Crippen MR) is 105 cm³/mol. The van der Waals surface area contributed by atoms with E-state index in [1.165, 1.54) is 36.4 Å². The second-order valence-corrected chi connectivity index (χ2v) is 6.19. The third-order valence-electron chi connectivity index (χ3n) is 4.25. The van der Waals surface area contributed by atoms with Gasteiger partial charge in [-0.3, -0.25) is 20.3 Å². The summed E-state index contributed by atoms with van der Waals surface area (Å²) in [5.74, 6) is 4.61. The van der Waals surface area contributed by atoms with Crippen LogP contribution in [0.25, 0.3) is 0 Å². The number of benzene rings is 2. The highest BCUT2D eigenvalue weighted by Gasteiger charge is 2.31. The first-order valence-electron chi connectivity index (χ1n) is 8.40. The van der Waals surface area contributed by atoms with Crippen LogP contribution < -0.4 is 21.9 Å². The van der Waals surface area contributed by atoms with Gasteiger partial charge in [-0.2, -0.15) is 0 Å². The molecule has 2 aromatic rings. The van der Waals surface area contributed by atoms with Crippen LogP contribution in [0.15, 0.2) is 58.7 Å². The molecule has 0 bridgehead atoms. The maximum atomic E-state index is 13.0. The second kappa shape index (κ2) is 7.86. The summed E-state index contributed by atoms with van der Waals surface area (Å²) in [4.78, 5) is 27.7. The molecule has 11 heteroatoms. The van der Waals surface area contributed by atoms with Gasteiger partial charge in [0.1, 0.15) is 17.5 Å². The number of aromatic hydroxyl groups is 2. The van der Waals surface area contributed by atoms with Crippen molar-refractivity contribution in [3.63, 3.8) is 0 Å². The zero-order valence-electron chi connectivity index (χ0n) is 15.2. The summed E-state index contributed by atoms with van der Waals surface area (Å²) in [6.07, 6.45) is 0. The van der Waals surface area contributed by atoms with Gasteiger partial charge in [-0.25, -0.2) is 10.8 Å². The Morgan fingerprint density at radius 3 is 2.69 bits per heavy atom. The van der Waals surface area contributed by atoms with Gasteiger partial charge in [0.25, 0.3) is 11.6 Å². The molecule has 0 saturated heterocycles. The van der Waals surface area contributed by atoms with Crippen LogP contribution >= 0.6 is 0 Å². The third kappa shape index (κ3) is 4.09. The number of amides is 1. The number of rotatable bonds is 4. The van der Waals surface area contributed by atoms with Gasteiger partial charge in [0.2, 0.25) is 5.96 Å². The molecular formula is C18H18N6O5. The van der Waals surface area contributed by atoms with E-state index in [-0.39, 0.29) is 40.0 Å². The van der Waals surface area contributed by atoms with Crippen molar-refractivity contribution < 1.29 is 19.9 Å². The number of nitrogens with zero attached hydrogens (tertiary/aromatic N) is 2. The van der Waals surface area contributed by atoms with Crippen LogP contribution in [0.5, 0.6) is 11.5 Å². The van der Waals surface area contributed by atoms with Gasteiger partial charge in [-0.05, 0) is 25.1 Å². The lowest BCUT2D eigenvalue weighted by atomic mass is 9.94. The smallest absolute Gasteiger partial charge is 0.271 e. The molecule has 0 aliphatic carbocycles. The fourth-order valence-electron chi connectivity index (χ4n) is 2.93. The van der Waals surface area contributed by atoms with E-state index in [1.807, 2.05) is 0 Å². The molecule has 1 amide bonds. The highest BCUT2D eigenvalue weighted by Crippen LogP contribution is 2.37. The molecule has 0 aromatic heterocycles. The fourth-order valence-corrected chi connectivity index (χ4v) is 2.93. The number of phenolic OH excluding ortho intramolecular Hbond substituents is 2. The lowest BCUT2D eigenvalue weighted by Gasteiger charge is -2.26. The number of nitro groups is 1. The third-order valence-corrected chi connectivity index (χ3v) is 4.25. The second-order valence-electron chi connectivity index (χ2n) is 6.19. The van der Waals surface area contributed by atoms with Crippen molar-refractivity contribution >= 4 is 23.2 Å². The maximum absolute atomic E-state index is 13.0. The lowest BCUT2D eigenvalue weighted by Crippen LogP contribution is -2.44. The van der Waals surface area contributed by atoms with Crippen molar-refractivity contribution in [3.8, 4) is 11.5 Å². The standard InChI is InChI=1S/C18H18N6O5/c1-9-15(17(27)21-10-3-2-4-11(7-10)24(28)29)16(22-18(20-9)23-19)13-6-5-12(25)8-14(13)26/h2-8,16,25-26H,19H2,1H3,(H,21,27)(H2,20,22,23). The average molecular weight is 398 g/mol. The number of nitrogens with one attached hydrogen (secondary N) is 3. The first-order valence-corrected chi connectivity index (χ1v) is 8.40. The van der Waals surface area contributed by atoms with Crippen molar-refractivity contribution in [2.24, 2.45) is 10.8 Å². The highest BCUT2D eigenvalue weighted by atomic mass is 16.6. The Morgan fingerprint density at radius 1 is 1.28 bits per heavy atom. The SMILES string of the molecule is CC1=C(C(=O)Nc2cccc([N+](=O)[O-])c2)C(c2ccc(O)cc2O)N=C(NN)N1. The van der Waals surface area contributed by atoms with Crippen molar-refractivity contribution in [2.45, 2.75) is 13.0 Å². The molecule has 7 N–H and O–H groups in total. The van der Waals surface area contributed by atoms with Gasteiger partial charge in [-0.15, -0.1) is 0 Å². The zero-order chi connectivity index (χ0) is 21.1. The van der Waals surface area contributed by atoms with E-state index >= 15 is 0 Å². The number of non-ortho nitro benzene ring substituents is 1. The monoisotopic (exact) mass is 398 g/mol. The maximum Gasteiger partial charge on any atom is 0.271 e. The lowest BCUT2D eigenvalue weighted by molar-refractivity contribution is -0.384. The number of hydrazine groups is 1. The molecule has 1 unspecified atom stereocenters. The minimum atomic E-state index is -0.943. The van der Waals surface area contributed by atoms with Crippen LogP contribution in [-0.4, -0.2) is 27.0 Å². The van der Waals surface area contributed by atoms with Gasteiger partial charge >= 0.3 is 0 Å². The molecule has 3 rings (SSSR count). The molecule has 150 valence electrons. The Bertz CT molecular complexity index is 1050. The number of allylic oxidation sites excluding steroid dienone is 1. The van der Waals surface area contributed by atoms with Crippen molar-refractivity contribution in [1.82, 2.24) is 10.7 Å². The molecular weight excluding hydrogens is 380 g/mol. The molecule has 0 spiro atoms. The number of nitrogens with two attached hydrogens (primary N) is 1. The van der Waals surface area contributed by atoms with E-state index in [4.69, 9.17) is 5.84 Å². The van der Waals surface area contributed by atoms with Gasteiger partial charge in [0.15, 0.2) is 0 Å². The molecule has 1 aliphatic rings. The first kappa shape index (κ1) is 19.6. The first-order chi connectivity index (χ1) is 13.8. The van der Waals surface area contributed by atoms with Gasteiger partial charge in [-0.1, -0.05) is 6.07 Å². The molecule has 0 saturated carbocycles. The molecule has 0 fully saturated rings. The number of anilines is 1. The molecule has 2 aromatic carbocycles. The van der Waals surface area contributed by atoms with Gasteiger partial charge in [0.05, 0.1) is 10.5 Å². The van der Waals surface area contributed by atoms with Crippen LogP contribution in [0.4, 0.5) is 11.4 Å². The number of hydrogen-bond acceptors (Lipinski definition) is 9. The number of carbonyl (C=O) groups is 1. The Labute approximate surface area is 164 Å². The normalized spacial score (nSPS) is 15.9. The number of nitro benzene ring substituents is 1. The number of guanidine groups is 1. The summed E-state index contributed by atoms with van der Waals surface area (Å²) in [6, 6.07) is 8.48. The van der Waals surface area contributed by atoms with Crippen LogP contribution in [0.3, 0.4) is 0 Å². The Kier molecular flexibility index (Phi) is 5.32. The topological polar surface area (TPSA) is 175 Å². The molecule has 1 heterocycles. The number of phenols is 2. The van der Waals surface area contributed by atoms with Crippen LogP contribution in [0.1, 0.15) is 18.5 Å². The Morgan fingerprint density at radius 2 is 2.03 bits per heavy atom. The predicted octanol–water partition coefficient (Wildman–Crippen LogP) is 1.38. The van der Waals surface area contributed by atoms with E-state index in [1.54, 1.807) is 6.92 Å². The van der Waals surface area contributed by atoms with Crippen molar-refractivity contribution in [1.29, 1.82) is 0 Å². The minimum Gasteiger partial charge on any atom is -0.508 e. The van der Waals surface area contributed by atoms with Crippen LogP contribution in [0, 0.1) is 10.1 Å². The van der Waals surface area contributed by atoms with Gasteiger partial charge in [0, 0.05) is 35.1 Å². The highest BCUT2D eigenvalue weighted by molar-refractivity contribution is 6.06. The van der Waals surface area contributed by atoms with Crippen molar-refractivity contribution in [2.75, 3.05) is 5.32 Å². The number of hydrogen-bond donors (Lipinski definition) is 6. The fraction of sp³-hybridized carbons (Fsp3) is 0.111. The average Bonchev–Trinajstić information content (AvgIpc) is 2.67. The molecule has 1 atom stereocenters. The zero-order valence-corrected chi connectivity index (χ0v) is 15.2. The van der Waals surface area contributed by atoms with E-state index < -0.39 is 16.9 Å². The summed E-state index contributed by atoms with van der Waals surface area (Å²) in [5.41, 5.74) is 3.26. The quantitative estimate of drug-likeness (QED) is 0.254. The molecule has 0 radical (unpaired) electrons. The number of aliphatic imine (C=N–C) groups is 1. The minimum absolute atomic E-state index is 0.148. The summed E-state index contributed by atoms with van der Waals surface area (Å²) < 4.78 is 0. The summed E-state index contributed by atoms with van der Waals surface area (Å²) >= 11 is 0. The van der Waals surface area contributed by atoms with E-state index in [0.717, 1.165) is 6.07 Å². The Balaban J connectivity index is 1.99. The Hall–Kier alpha value is -4.12. The molecule has 11 nitrogen and oxygen atoms in total. The van der Waals surface area contributed by atoms with E-state index in [9.17, 15) is 25.1 Å². The van der Waals surface area contributed by atoms with E-state index in [0.29, 0.717) is 5.70 Å². The summed E-state index contributed by atoms with van der Waals surface area (Å²) in [6.45, 7) is 1.62. The molecule has 1 aliphatic heterocycles. The number of carbonyl (C=O) groups excluding carboxylic acids is 1. The van der Waals surface area contributed by atoms with E-state index in [2.05, 4.69) is 21.1 Å². The van der Waals surface area contributed by atoms with Crippen LogP contribution in [-0.2, 0) is 4.79 Å².